The van der Waals surface area contributed by atoms with Crippen LogP contribution in [0.15, 0.2) is 67.0 Å². The Morgan fingerprint density at radius 3 is 2.41 bits per heavy atom. The van der Waals surface area contributed by atoms with Crippen LogP contribution in [0.5, 0.6) is 0 Å². The standard InChI is InChI=1S/C27H31N5O2/c1-19(34)27-30-14-15-32(27)26(18-33)11-4-20-2-5-21(6-3-20)22-7-9-23(10-8-22)31-25-16-24(17-25)29-13-12-28/h2-11,14-15,19,24-26,29,31,33-34H,13,16-18H2,1H3/b11-4+/t19-,24?,25?,26-/m0/s1. The number of benzene rings is 2. The Bertz CT molecular complexity index is 1120. The van der Waals surface area contributed by atoms with Gasteiger partial charge in [-0.3, -0.25) is 0 Å². The van der Waals surface area contributed by atoms with Gasteiger partial charge in [0.2, 0.25) is 0 Å². The van der Waals surface area contributed by atoms with Crippen molar-refractivity contribution in [2.75, 3.05) is 18.5 Å². The molecule has 3 aromatic rings. The van der Waals surface area contributed by atoms with E-state index in [1.165, 1.54) is 0 Å². The molecule has 2 aromatic carbocycles. The lowest BCUT2D eigenvalue weighted by Crippen LogP contribution is -2.47. The number of hydrogen-bond donors (Lipinski definition) is 4. The summed E-state index contributed by atoms with van der Waals surface area (Å²) in [5.74, 6) is 0.532. The van der Waals surface area contributed by atoms with E-state index in [0.29, 0.717) is 24.5 Å². The Labute approximate surface area is 200 Å². The molecule has 0 amide bonds. The zero-order valence-electron chi connectivity index (χ0n) is 19.3. The molecule has 0 saturated heterocycles. The number of hydrogen-bond acceptors (Lipinski definition) is 6. The predicted molar refractivity (Wildman–Crippen MR) is 134 cm³/mol. The smallest absolute Gasteiger partial charge is 0.137 e. The first kappa shape index (κ1) is 23.7. The second kappa shape index (κ2) is 11.1. The zero-order valence-corrected chi connectivity index (χ0v) is 19.3. The highest BCUT2D eigenvalue weighted by Crippen LogP contribution is 2.27. The van der Waals surface area contributed by atoms with Gasteiger partial charge in [0.25, 0.3) is 0 Å². The molecule has 1 fully saturated rings. The van der Waals surface area contributed by atoms with Gasteiger partial charge in [0.1, 0.15) is 11.9 Å². The predicted octanol–water partition coefficient (Wildman–Crippen LogP) is 3.91. The molecule has 4 N–H and O–H groups in total. The molecule has 7 heteroatoms. The molecule has 0 bridgehead atoms. The van der Waals surface area contributed by atoms with Gasteiger partial charge in [-0.25, -0.2) is 4.98 Å². The van der Waals surface area contributed by atoms with Gasteiger partial charge in [0.05, 0.1) is 25.3 Å². The molecule has 7 nitrogen and oxygen atoms in total. The molecule has 1 aromatic heterocycles. The van der Waals surface area contributed by atoms with E-state index in [2.05, 4.69) is 70.2 Å². The van der Waals surface area contributed by atoms with Gasteiger partial charge >= 0.3 is 0 Å². The van der Waals surface area contributed by atoms with Crippen LogP contribution in [0.2, 0.25) is 0 Å². The van der Waals surface area contributed by atoms with E-state index in [1.807, 2.05) is 12.2 Å². The lowest BCUT2D eigenvalue weighted by molar-refractivity contribution is 0.175. The summed E-state index contributed by atoms with van der Waals surface area (Å²) in [5, 5.41) is 35.1. The fourth-order valence-electron chi connectivity index (χ4n) is 4.27. The van der Waals surface area contributed by atoms with Crippen LogP contribution < -0.4 is 10.6 Å². The topological polar surface area (TPSA) is 106 Å². The molecule has 4 rings (SSSR count). The summed E-state index contributed by atoms with van der Waals surface area (Å²) in [7, 11) is 0. The fourth-order valence-corrected chi connectivity index (χ4v) is 4.27. The van der Waals surface area contributed by atoms with Gasteiger partial charge in [-0.15, -0.1) is 0 Å². The summed E-state index contributed by atoms with van der Waals surface area (Å²) in [5.41, 5.74) is 4.43. The highest BCUT2D eigenvalue weighted by Gasteiger charge is 2.28. The Hall–Kier alpha value is -3.44. The van der Waals surface area contributed by atoms with Gasteiger partial charge in [-0.2, -0.15) is 5.26 Å². The molecule has 34 heavy (non-hydrogen) atoms. The van der Waals surface area contributed by atoms with E-state index >= 15 is 0 Å². The van der Waals surface area contributed by atoms with Crippen LogP contribution in [0.4, 0.5) is 5.69 Å². The van der Waals surface area contributed by atoms with E-state index in [0.717, 1.165) is 35.2 Å². The molecule has 1 heterocycles. The van der Waals surface area contributed by atoms with Crippen molar-refractivity contribution < 1.29 is 10.2 Å². The summed E-state index contributed by atoms with van der Waals surface area (Å²) in [4.78, 5) is 4.18. The summed E-state index contributed by atoms with van der Waals surface area (Å²) in [6.07, 6.45) is 8.67. The number of imidazole rings is 1. The molecule has 1 saturated carbocycles. The third-order valence-electron chi connectivity index (χ3n) is 6.24. The maximum atomic E-state index is 9.87. The third kappa shape index (κ3) is 5.72. The van der Waals surface area contributed by atoms with Crippen molar-refractivity contribution in [3.05, 3.63) is 78.4 Å². The summed E-state index contributed by atoms with van der Waals surface area (Å²) in [6.45, 7) is 2.00. The fraction of sp³-hybridized carbons (Fsp3) is 0.333. The third-order valence-corrected chi connectivity index (χ3v) is 6.24. The van der Waals surface area contributed by atoms with Crippen LogP contribution in [-0.2, 0) is 0 Å². The number of aliphatic hydroxyl groups is 2. The van der Waals surface area contributed by atoms with Crippen molar-refractivity contribution in [3.63, 3.8) is 0 Å². The molecule has 2 atom stereocenters. The van der Waals surface area contributed by atoms with E-state index in [1.54, 1.807) is 23.9 Å². The van der Waals surface area contributed by atoms with Crippen LogP contribution in [0.25, 0.3) is 17.2 Å². The number of nitrogens with one attached hydrogen (secondary N) is 2. The first-order chi connectivity index (χ1) is 16.6. The number of aliphatic hydroxyl groups excluding tert-OH is 2. The van der Waals surface area contributed by atoms with E-state index in [4.69, 9.17) is 5.26 Å². The first-order valence-corrected chi connectivity index (χ1v) is 11.6. The minimum Gasteiger partial charge on any atom is -0.394 e. The van der Waals surface area contributed by atoms with Gasteiger partial charge in [-0.05, 0) is 48.6 Å². The van der Waals surface area contributed by atoms with E-state index in [9.17, 15) is 10.2 Å². The maximum Gasteiger partial charge on any atom is 0.137 e. The Kier molecular flexibility index (Phi) is 7.76. The second-order valence-corrected chi connectivity index (χ2v) is 8.73. The minimum atomic E-state index is -0.699. The molecule has 0 unspecified atom stereocenters. The summed E-state index contributed by atoms with van der Waals surface area (Å²) >= 11 is 0. The molecule has 1 aliphatic rings. The van der Waals surface area contributed by atoms with Crippen molar-refractivity contribution in [1.29, 1.82) is 5.26 Å². The Morgan fingerprint density at radius 1 is 1.12 bits per heavy atom. The first-order valence-electron chi connectivity index (χ1n) is 11.6. The molecular weight excluding hydrogens is 426 g/mol. The molecule has 0 spiro atoms. The van der Waals surface area contributed by atoms with Crippen molar-refractivity contribution >= 4 is 11.8 Å². The average molecular weight is 458 g/mol. The van der Waals surface area contributed by atoms with Crippen LogP contribution in [0.1, 0.15) is 43.3 Å². The minimum absolute atomic E-state index is 0.0804. The number of aromatic nitrogens is 2. The largest absolute Gasteiger partial charge is 0.394 e. The number of nitrogens with zero attached hydrogens (tertiary/aromatic N) is 3. The maximum absolute atomic E-state index is 9.87. The van der Waals surface area contributed by atoms with Gasteiger partial charge in [0.15, 0.2) is 0 Å². The van der Waals surface area contributed by atoms with Crippen molar-refractivity contribution in [2.24, 2.45) is 0 Å². The number of rotatable bonds is 10. The van der Waals surface area contributed by atoms with Crippen molar-refractivity contribution in [3.8, 4) is 17.2 Å². The number of nitriles is 1. The zero-order chi connectivity index (χ0) is 23.9. The lowest BCUT2D eigenvalue weighted by atomic mass is 9.86. The summed E-state index contributed by atoms with van der Waals surface area (Å²) in [6, 6.07) is 19.5. The quantitative estimate of drug-likeness (QED) is 0.344. The SMILES string of the molecule is C[C@H](O)c1nccn1[C@@H](/C=C/c1ccc(-c2ccc(NC3CC(NCC#N)C3)cc2)cc1)CO. The molecule has 1 aliphatic carbocycles. The lowest BCUT2D eigenvalue weighted by Gasteiger charge is -2.36. The Morgan fingerprint density at radius 2 is 1.79 bits per heavy atom. The van der Waals surface area contributed by atoms with Crippen LogP contribution >= 0.6 is 0 Å². The van der Waals surface area contributed by atoms with E-state index in [-0.39, 0.29) is 12.6 Å². The normalized spacial score (nSPS) is 19.4. The van der Waals surface area contributed by atoms with E-state index < -0.39 is 6.10 Å². The molecule has 176 valence electrons. The number of anilines is 1. The van der Waals surface area contributed by atoms with Crippen molar-refractivity contribution in [1.82, 2.24) is 14.9 Å². The molecular formula is C27H31N5O2. The Balaban J connectivity index is 1.34. The average Bonchev–Trinajstić information content (AvgIpc) is 3.32. The summed E-state index contributed by atoms with van der Waals surface area (Å²) < 4.78 is 1.79. The van der Waals surface area contributed by atoms with Gasteiger partial charge in [-0.1, -0.05) is 48.6 Å². The molecule has 0 aliphatic heterocycles. The highest BCUT2D eigenvalue weighted by molar-refractivity contribution is 5.68. The van der Waals surface area contributed by atoms with Crippen LogP contribution in [-0.4, -0.2) is 45.0 Å². The second-order valence-electron chi connectivity index (χ2n) is 8.73. The van der Waals surface area contributed by atoms with Gasteiger partial charge < -0.3 is 25.4 Å². The monoisotopic (exact) mass is 457 g/mol. The highest BCUT2D eigenvalue weighted by atomic mass is 16.3. The van der Waals surface area contributed by atoms with Gasteiger partial charge in [0, 0.05) is 30.2 Å². The van der Waals surface area contributed by atoms with Crippen molar-refractivity contribution in [2.45, 2.75) is 44.0 Å². The molecule has 0 radical (unpaired) electrons. The van der Waals surface area contributed by atoms with Crippen LogP contribution in [0.3, 0.4) is 0 Å². The van der Waals surface area contributed by atoms with Crippen LogP contribution in [0, 0.1) is 11.3 Å².